The molecule has 0 saturated carbocycles. The Morgan fingerprint density at radius 3 is 2.86 bits per heavy atom. The third kappa shape index (κ3) is 4.37. The summed E-state index contributed by atoms with van der Waals surface area (Å²) in [5, 5.41) is 14.3. The van der Waals surface area contributed by atoms with Crippen molar-refractivity contribution >= 4 is 10.8 Å². The molecule has 0 amide bonds. The van der Waals surface area contributed by atoms with Crippen LogP contribution in [0.2, 0.25) is 0 Å². The van der Waals surface area contributed by atoms with E-state index in [0.717, 1.165) is 16.9 Å². The average Bonchev–Trinajstić information content (AvgIpc) is 2.88. The second-order valence-corrected chi connectivity index (χ2v) is 6.21. The van der Waals surface area contributed by atoms with E-state index in [9.17, 15) is 9.32 Å². The van der Waals surface area contributed by atoms with Crippen molar-refractivity contribution < 1.29 is 14.1 Å². The molecule has 2 atom stereocenters. The van der Waals surface area contributed by atoms with E-state index in [-0.39, 0.29) is 18.3 Å². The topological polar surface area (TPSA) is 77.2 Å². The van der Waals surface area contributed by atoms with Crippen LogP contribution in [0.1, 0.15) is 11.1 Å². The van der Waals surface area contributed by atoms with Crippen LogP contribution in [0.5, 0.6) is 5.75 Å². The highest BCUT2D eigenvalue weighted by Crippen LogP contribution is 2.19. The summed E-state index contributed by atoms with van der Waals surface area (Å²) in [7, 11) is -1.22. The number of aromatic nitrogens is 3. The highest BCUT2D eigenvalue weighted by molar-refractivity contribution is 7.84. The van der Waals surface area contributed by atoms with Gasteiger partial charge in [0.1, 0.15) is 24.8 Å². The number of benzene rings is 1. The largest absolute Gasteiger partial charge is 0.491 e. The molecule has 0 aliphatic rings. The molecule has 0 bridgehead atoms. The van der Waals surface area contributed by atoms with Crippen LogP contribution < -0.4 is 4.74 Å². The minimum absolute atomic E-state index is 0.161. The maximum Gasteiger partial charge on any atom is 0.238 e. The normalized spacial score (nSPS) is 13.9. The first-order chi connectivity index (χ1) is 9.95. The number of hydrogen-bond donors (Lipinski definition) is 1. The molecule has 1 aromatic carbocycles. The minimum Gasteiger partial charge on any atom is -0.491 e. The van der Waals surface area contributed by atoms with Gasteiger partial charge in [-0.2, -0.15) is 0 Å². The van der Waals surface area contributed by atoms with Crippen LogP contribution in [0.3, 0.4) is 0 Å². The average molecular weight is 309 g/mol. The Bertz CT molecular complexity index is 642. The van der Waals surface area contributed by atoms with Crippen LogP contribution in [0.4, 0.5) is 0 Å². The zero-order valence-corrected chi connectivity index (χ0v) is 13.1. The predicted molar refractivity (Wildman–Crippen MR) is 79.8 cm³/mol. The van der Waals surface area contributed by atoms with Crippen molar-refractivity contribution in [1.29, 1.82) is 0 Å². The third-order valence-electron chi connectivity index (χ3n) is 2.95. The molecule has 114 valence electrons. The molecule has 0 unspecified atom stereocenters. The van der Waals surface area contributed by atoms with Gasteiger partial charge in [0.2, 0.25) is 5.16 Å². The van der Waals surface area contributed by atoms with Crippen molar-refractivity contribution in [3.8, 4) is 5.75 Å². The Morgan fingerprint density at radius 2 is 2.19 bits per heavy atom. The van der Waals surface area contributed by atoms with Crippen molar-refractivity contribution in [1.82, 2.24) is 14.8 Å². The third-order valence-corrected chi connectivity index (χ3v) is 3.65. The summed E-state index contributed by atoms with van der Waals surface area (Å²) in [4.78, 5) is 3.91. The van der Waals surface area contributed by atoms with Crippen LogP contribution in [0.15, 0.2) is 29.7 Å². The van der Waals surface area contributed by atoms with Gasteiger partial charge >= 0.3 is 0 Å². The Labute approximate surface area is 126 Å². The molecule has 0 radical (unpaired) electrons. The fourth-order valence-corrected chi connectivity index (χ4v) is 2.23. The standard InChI is InChI=1S/C14H19N3O3S/c1-10-4-5-11(2)13(6-10)20-8-12(18)7-17-9-15-14(16-17)21(3)19/h4-6,9,12,18H,7-8H2,1-3H3/t12-,21-/m0/s1. The molecule has 2 rings (SSSR count). The van der Waals surface area contributed by atoms with Crippen LogP contribution >= 0.6 is 0 Å². The van der Waals surface area contributed by atoms with Crippen LogP contribution in [0.25, 0.3) is 0 Å². The molecule has 0 fully saturated rings. The lowest BCUT2D eigenvalue weighted by molar-refractivity contribution is 0.0886. The number of ether oxygens (including phenoxy) is 1. The lowest BCUT2D eigenvalue weighted by Crippen LogP contribution is -2.24. The molecule has 1 N–H and O–H groups in total. The first-order valence-corrected chi connectivity index (χ1v) is 8.12. The number of aliphatic hydroxyl groups excluding tert-OH is 1. The summed E-state index contributed by atoms with van der Waals surface area (Å²) in [6, 6.07) is 5.94. The Hall–Kier alpha value is -1.73. The second kappa shape index (κ2) is 6.82. The number of rotatable bonds is 6. The zero-order valence-electron chi connectivity index (χ0n) is 12.3. The van der Waals surface area contributed by atoms with Gasteiger partial charge in [0.15, 0.2) is 0 Å². The summed E-state index contributed by atoms with van der Waals surface area (Å²) < 4.78 is 18.3. The fraction of sp³-hybridized carbons (Fsp3) is 0.429. The number of nitrogens with zero attached hydrogens (tertiary/aromatic N) is 3. The summed E-state index contributed by atoms with van der Waals surface area (Å²) in [6.45, 7) is 4.36. The van der Waals surface area contributed by atoms with Gasteiger partial charge in [0.05, 0.1) is 17.3 Å². The molecular weight excluding hydrogens is 290 g/mol. The second-order valence-electron chi connectivity index (χ2n) is 4.94. The van der Waals surface area contributed by atoms with Gasteiger partial charge in [-0.15, -0.1) is 5.10 Å². The van der Waals surface area contributed by atoms with Crippen LogP contribution in [-0.2, 0) is 17.3 Å². The molecule has 0 aliphatic heterocycles. The first-order valence-electron chi connectivity index (χ1n) is 6.56. The summed E-state index contributed by atoms with van der Waals surface area (Å²) in [5.74, 6) is 0.767. The van der Waals surface area contributed by atoms with Gasteiger partial charge < -0.3 is 9.84 Å². The SMILES string of the molecule is Cc1ccc(C)c(OC[C@@H](O)Cn2cnc([S@](C)=O)n2)c1. The van der Waals surface area contributed by atoms with E-state index in [4.69, 9.17) is 4.74 Å². The molecule has 6 nitrogen and oxygen atoms in total. The van der Waals surface area contributed by atoms with Crippen molar-refractivity contribution in [3.05, 3.63) is 35.7 Å². The molecule has 21 heavy (non-hydrogen) atoms. The Kier molecular flexibility index (Phi) is 5.08. The van der Waals surface area contributed by atoms with Gasteiger partial charge in [-0.3, -0.25) is 4.21 Å². The number of aliphatic hydroxyl groups is 1. The van der Waals surface area contributed by atoms with Gasteiger partial charge in [-0.05, 0) is 31.0 Å². The molecule has 1 heterocycles. The van der Waals surface area contributed by atoms with Gasteiger partial charge in [0.25, 0.3) is 0 Å². The van der Waals surface area contributed by atoms with E-state index < -0.39 is 16.9 Å². The Balaban J connectivity index is 1.90. The van der Waals surface area contributed by atoms with Crippen molar-refractivity contribution in [2.45, 2.75) is 31.7 Å². The molecule has 0 aliphatic carbocycles. The summed E-state index contributed by atoms with van der Waals surface area (Å²) in [5.41, 5.74) is 2.13. The fourth-order valence-electron chi connectivity index (χ4n) is 1.81. The van der Waals surface area contributed by atoms with Crippen molar-refractivity contribution in [2.24, 2.45) is 0 Å². The minimum atomic E-state index is -1.22. The van der Waals surface area contributed by atoms with E-state index in [0.29, 0.717) is 0 Å². The molecule has 0 spiro atoms. The smallest absolute Gasteiger partial charge is 0.238 e. The lowest BCUT2D eigenvalue weighted by Gasteiger charge is -2.14. The molecule has 2 aromatic rings. The van der Waals surface area contributed by atoms with Crippen molar-refractivity contribution in [3.63, 3.8) is 0 Å². The molecule has 1 aromatic heterocycles. The molecule has 7 heteroatoms. The quantitative estimate of drug-likeness (QED) is 0.864. The Morgan fingerprint density at radius 1 is 1.43 bits per heavy atom. The zero-order chi connectivity index (χ0) is 15.4. The van der Waals surface area contributed by atoms with E-state index in [1.54, 1.807) is 0 Å². The summed E-state index contributed by atoms with van der Waals surface area (Å²) >= 11 is 0. The number of aryl methyl sites for hydroxylation is 2. The molecular formula is C14H19N3O3S. The van der Waals surface area contributed by atoms with E-state index in [1.807, 2.05) is 32.0 Å². The highest BCUT2D eigenvalue weighted by atomic mass is 32.2. The monoisotopic (exact) mass is 309 g/mol. The van der Waals surface area contributed by atoms with Crippen LogP contribution in [0, 0.1) is 13.8 Å². The molecule has 0 saturated heterocycles. The highest BCUT2D eigenvalue weighted by Gasteiger charge is 2.11. The maximum absolute atomic E-state index is 11.2. The van der Waals surface area contributed by atoms with E-state index in [2.05, 4.69) is 10.1 Å². The van der Waals surface area contributed by atoms with Crippen LogP contribution in [-0.4, -0.2) is 43.0 Å². The van der Waals surface area contributed by atoms with Gasteiger partial charge in [0, 0.05) is 6.26 Å². The van der Waals surface area contributed by atoms with Crippen molar-refractivity contribution in [2.75, 3.05) is 12.9 Å². The van der Waals surface area contributed by atoms with Gasteiger partial charge in [-0.25, -0.2) is 9.67 Å². The van der Waals surface area contributed by atoms with Gasteiger partial charge in [-0.1, -0.05) is 12.1 Å². The number of hydrogen-bond acceptors (Lipinski definition) is 5. The first kappa shape index (κ1) is 15.7. The van der Waals surface area contributed by atoms with E-state index in [1.165, 1.54) is 17.3 Å². The predicted octanol–water partition coefficient (Wildman–Crippen LogP) is 1.07. The maximum atomic E-state index is 11.2. The summed E-state index contributed by atoms with van der Waals surface area (Å²) in [6.07, 6.45) is 2.25. The van der Waals surface area contributed by atoms with E-state index >= 15 is 0 Å². The lowest BCUT2D eigenvalue weighted by atomic mass is 10.1.